The van der Waals surface area contributed by atoms with Crippen LogP contribution in [0.1, 0.15) is 392 Å². The maximum Gasteiger partial charge on any atom is 0.150 e. The molecule has 0 saturated carbocycles. The highest BCUT2D eigenvalue weighted by Gasteiger charge is 2.45. The summed E-state index contributed by atoms with van der Waals surface area (Å²) in [6.07, 6.45) is 26.0. The number of ether oxygens (including phenoxy) is 5. The van der Waals surface area contributed by atoms with Gasteiger partial charge in [-0.15, -0.1) is 0 Å². The van der Waals surface area contributed by atoms with Gasteiger partial charge in [-0.05, 0) is 320 Å². The highest BCUT2D eigenvalue weighted by molar-refractivity contribution is 6.08. The molecule has 6 aromatic heterocycles. The fraction of sp³-hybridized carbons (Fsp3) is 0.413. The molecule has 5 N–H and O–H groups in total. The zero-order valence-corrected chi connectivity index (χ0v) is 93.8. The maximum absolute atomic E-state index is 11.4. The molecule has 5 unspecified atom stereocenters. The van der Waals surface area contributed by atoms with E-state index in [0.29, 0.717) is 35.2 Å². The van der Waals surface area contributed by atoms with Crippen LogP contribution in [0.15, 0.2) is 211 Å². The third-order valence-electron chi connectivity index (χ3n) is 33.5. The molecule has 12 nitrogen and oxygen atoms in total. The second-order valence-electron chi connectivity index (χ2n) is 44.9. The summed E-state index contributed by atoms with van der Waals surface area (Å²) in [4.78, 5) is 30.6. The van der Waals surface area contributed by atoms with Crippen LogP contribution in [-0.4, -0.2) is 64.2 Å². The van der Waals surface area contributed by atoms with Crippen LogP contribution in [0.3, 0.4) is 0 Å². The fourth-order valence-electron chi connectivity index (χ4n) is 25.3. The lowest BCUT2D eigenvalue weighted by molar-refractivity contribution is -0.0725. The first-order valence-electron chi connectivity index (χ1n) is 57.1. The van der Waals surface area contributed by atoms with E-state index < -0.39 is 0 Å². The number of aromatic nitrogens is 5. The van der Waals surface area contributed by atoms with Crippen molar-refractivity contribution in [2.75, 3.05) is 33.0 Å². The summed E-state index contributed by atoms with van der Waals surface area (Å²) in [5.74, 6) is 9.18. The molecule has 0 saturated heterocycles. The summed E-state index contributed by atoms with van der Waals surface area (Å²) >= 11 is 0. The minimum Gasteiger partial charge on any atom is -0.456 e. The number of nitrogens with one attached hydrogen (secondary N) is 5. The van der Waals surface area contributed by atoms with Crippen LogP contribution in [0, 0.1) is 25.7 Å². The maximum atomic E-state index is 11.4. The molecule has 22 rings (SSSR count). The molecule has 17 aromatic rings. The predicted molar refractivity (Wildman–Crippen MR) is 631 cm³/mol. The molecule has 0 radical (unpaired) electrons. The van der Waals surface area contributed by atoms with E-state index in [1.165, 1.54) is 199 Å². The van der Waals surface area contributed by atoms with Gasteiger partial charge in [0.05, 0.1) is 89.1 Å². The van der Waals surface area contributed by atoms with Crippen LogP contribution in [0.5, 0.6) is 0 Å². The van der Waals surface area contributed by atoms with Gasteiger partial charge in [-0.2, -0.15) is 0 Å². The van der Waals surface area contributed by atoms with Crippen LogP contribution in [0.25, 0.3) is 122 Å². The third-order valence-corrected chi connectivity index (χ3v) is 33.5. The SMILES string of the molecule is CCCC1(CC)OCCc2c1[nH]c1c(-c3cc(C)cc(C)c3)cc(C(C)C)cc21.CCCC1(CC)OCCc2c1[nH]c1c(-c3ccc4c(c3)oc3ccccc34)cc(C(C)C)cc21.CCCC1(CC)OCCc2c1[nH]c1c(-c3cccc(C=O)c3)cc(C(C)C)cc21.CCCC1(CC)OCCc2c1[nH]c1c(/C=C/c3ccccc3)cc(C(C)C)cc21.CCCC1(CC)OCCc2c1[nH]c1c(C#Cc3ccccc3)cc(C(C)C)cc21. The molecule has 12 heteroatoms. The number of aryl methyl sites for hydroxylation is 2. The van der Waals surface area contributed by atoms with E-state index in [-0.39, 0.29) is 28.0 Å². The number of hydrogen-bond acceptors (Lipinski definition) is 7. The molecule has 11 aromatic carbocycles. The Balaban J connectivity index is 0.000000123. The van der Waals surface area contributed by atoms with Gasteiger partial charge < -0.3 is 53.0 Å². The zero-order chi connectivity index (χ0) is 106. The van der Waals surface area contributed by atoms with Crippen molar-refractivity contribution in [2.24, 2.45) is 0 Å². The Morgan fingerprint density at radius 1 is 0.300 bits per heavy atom. The van der Waals surface area contributed by atoms with Crippen LogP contribution in [0.4, 0.5) is 0 Å². The number of carbonyl (C=O) groups is 1. The average molecular weight is 2000 g/mol. The molecule has 5 aliphatic heterocycles. The molecule has 0 aliphatic carbocycles. The highest BCUT2D eigenvalue weighted by atomic mass is 16.5. The van der Waals surface area contributed by atoms with Gasteiger partial charge in [0.15, 0.2) is 0 Å². The molecule has 5 atom stereocenters. The summed E-state index contributed by atoms with van der Waals surface area (Å²) in [6.45, 7) is 53.5. The third kappa shape index (κ3) is 21.1. The summed E-state index contributed by atoms with van der Waals surface area (Å²) < 4.78 is 38.4. The topological polar surface area (TPSA) is 155 Å². The molecular weight excluding hydrogens is 1840 g/mol. The normalized spacial score (nSPS) is 18.8. The number of benzene rings is 11. The van der Waals surface area contributed by atoms with Gasteiger partial charge in [0.2, 0.25) is 0 Å². The number of para-hydroxylation sites is 1. The van der Waals surface area contributed by atoms with Crippen molar-refractivity contribution in [3.8, 4) is 45.2 Å². The Labute approximate surface area is 892 Å². The monoisotopic (exact) mass is 2000 g/mol. The smallest absolute Gasteiger partial charge is 0.150 e. The summed E-state index contributed by atoms with van der Waals surface area (Å²) in [6, 6.07) is 74.2. The number of furan rings is 1. The first-order chi connectivity index (χ1) is 72.6. The lowest BCUT2D eigenvalue weighted by Gasteiger charge is -2.36. The van der Waals surface area contributed by atoms with Gasteiger partial charge in [0, 0.05) is 71.1 Å². The minimum absolute atomic E-state index is 0.167. The Morgan fingerprint density at radius 3 is 1.05 bits per heavy atom. The van der Waals surface area contributed by atoms with E-state index in [2.05, 4.69) is 359 Å². The van der Waals surface area contributed by atoms with Crippen molar-refractivity contribution >= 4 is 94.9 Å². The summed E-state index contributed by atoms with van der Waals surface area (Å²) in [5, 5.41) is 9.13. The van der Waals surface area contributed by atoms with Crippen LogP contribution in [0.2, 0.25) is 0 Å². The molecule has 11 heterocycles. The Kier molecular flexibility index (Phi) is 33.0. The quantitative estimate of drug-likeness (QED) is 0.0205. The lowest BCUT2D eigenvalue weighted by atomic mass is 9.85. The molecule has 5 aliphatic rings. The number of rotatable bonds is 26. The fourth-order valence-corrected chi connectivity index (χ4v) is 25.3. The van der Waals surface area contributed by atoms with Crippen molar-refractivity contribution in [1.82, 2.24) is 24.9 Å². The van der Waals surface area contributed by atoms with E-state index >= 15 is 0 Å². The van der Waals surface area contributed by atoms with Crippen LogP contribution >= 0.6 is 0 Å². The van der Waals surface area contributed by atoms with Gasteiger partial charge in [-0.1, -0.05) is 315 Å². The molecule has 0 spiro atoms. The Bertz CT molecular complexity index is 7780. The van der Waals surface area contributed by atoms with Crippen molar-refractivity contribution in [1.29, 1.82) is 0 Å². The molecule has 0 fully saturated rings. The average Bonchev–Trinajstić information content (AvgIpc) is 1.59. The Hall–Kier alpha value is -12.3. The standard InChI is InChI=1S/C31H33NO2.C27H35NO.C27H33NO.C27H31NO.C26H31NO2/c1-5-14-31(6-2)30-24(13-15-33-31)26-17-21(19(3)4)16-25(29(26)32-30)20-11-12-23-22-9-7-8-10-27(22)34-28(23)18-20;1-7-10-27(8-2)26-22(9-11-29-27)24-16-20(17(3)4)15-23(25(24)28-26)21-13-18(5)12-19(6)14-21;2*1-5-15-27(6-2)26-23(14-16-29-27)24-18-22(19(3)4)17-21(25(24)28-26)13-12-20-10-8-7-9-11-20;1-5-11-26(6-2)25-21(10-12-29-26)23-15-20(17(3)4)14-22(24(23)27-25)19-9-7-8-18(13-19)16-28/h7-12,16-19,32H,5-6,13-15H2,1-4H3;12-17,28H,7-11H2,1-6H3;7-13,17-19,28H,5-6,14-16H2,1-4H3;7-11,17-19,28H,5-6,14-16H2,1-4H3;7-9,13-17,27H,5-6,10-12H2,1-4H3/b;;13-12+;;. The lowest BCUT2D eigenvalue weighted by Crippen LogP contribution is -2.35. The number of aldehydes is 1. The summed E-state index contributed by atoms with van der Waals surface area (Å²) in [7, 11) is 0. The first kappa shape index (κ1) is 108. The number of fused-ring (bicyclic) bond motifs is 18. The Morgan fingerprint density at radius 2 is 0.647 bits per heavy atom. The van der Waals surface area contributed by atoms with E-state index in [1.807, 2.05) is 48.5 Å². The largest absolute Gasteiger partial charge is 0.456 e. The minimum atomic E-state index is -0.221. The van der Waals surface area contributed by atoms with Crippen molar-refractivity contribution in [2.45, 2.75) is 338 Å². The van der Waals surface area contributed by atoms with Crippen molar-refractivity contribution in [3.05, 3.63) is 329 Å². The van der Waals surface area contributed by atoms with Gasteiger partial charge in [-0.25, -0.2) is 0 Å². The zero-order valence-electron chi connectivity index (χ0n) is 93.8. The van der Waals surface area contributed by atoms with E-state index in [1.54, 1.807) is 0 Å². The van der Waals surface area contributed by atoms with E-state index in [9.17, 15) is 4.79 Å². The van der Waals surface area contributed by atoms with E-state index in [0.717, 1.165) is 196 Å². The van der Waals surface area contributed by atoms with Crippen molar-refractivity contribution in [3.63, 3.8) is 0 Å². The second kappa shape index (κ2) is 46.1. The van der Waals surface area contributed by atoms with Crippen LogP contribution in [-0.2, 0) is 83.8 Å². The van der Waals surface area contributed by atoms with Gasteiger partial charge in [0.1, 0.15) is 45.5 Å². The molecule has 150 heavy (non-hydrogen) atoms. The molecular formula is C138H163N5O7. The van der Waals surface area contributed by atoms with Gasteiger partial charge >= 0.3 is 0 Å². The predicted octanol–water partition coefficient (Wildman–Crippen LogP) is 37.2. The van der Waals surface area contributed by atoms with Gasteiger partial charge in [0.25, 0.3) is 0 Å². The number of H-pyrrole nitrogens is 5. The number of aromatic amines is 5. The highest BCUT2D eigenvalue weighted by Crippen LogP contribution is 2.53. The van der Waals surface area contributed by atoms with Crippen LogP contribution < -0.4 is 0 Å². The summed E-state index contributed by atoms with van der Waals surface area (Å²) in [5.41, 5.74) is 42.9. The molecule has 0 bridgehead atoms. The number of carbonyl (C=O) groups excluding carboxylic acids is 1. The van der Waals surface area contributed by atoms with Crippen molar-refractivity contribution < 1.29 is 32.9 Å². The van der Waals surface area contributed by atoms with E-state index in [4.69, 9.17) is 28.1 Å². The first-order valence-corrected chi connectivity index (χ1v) is 57.1. The second-order valence-corrected chi connectivity index (χ2v) is 44.9. The molecule has 782 valence electrons. The van der Waals surface area contributed by atoms with Gasteiger partial charge in [-0.3, -0.25) is 4.79 Å². The molecule has 0 amide bonds. The number of hydrogen-bond donors (Lipinski definition) is 5.